The summed E-state index contributed by atoms with van der Waals surface area (Å²) in [5.74, 6) is 0. The number of benzene rings is 1. The van der Waals surface area contributed by atoms with Crippen LogP contribution in [0.4, 0.5) is 0 Å². The standard InChI is InChI=1S/C11H17NO2S/c1-4-9-7-6-8(3)11(10(9)5-2)15(12,13)14/h6-7H,4-5H2,1-3H3,(H2,12,13,14). The van der Waals surface area contributed by atoms with Crippen molar-refractivity contribution in [3.63, 3.8) is 0 Å². The van der Waals surface area contributed by atoms with Crippen molar-refractivity contribution in [1.29, 1.82) is 0 Å². The third-order valence-corrected chi connectivity index (χ3v) is 3.71. The van der Waals surface area contributed by atoms with Crippen LogP contribution in [0.1, 0.15) is 30.5 Å². The van der Waals surface area contributed by atoms with Gasteiger partial charge in [-0.15, -0.1) is 0 Å². The van der Waals surface area contributed by atoms with Crippen LogP contribution in [0.25, 0.3) is 0 Å². The molecule has 1 aromatic carbocycles. The van der Waals surface area contributed by atoms with E-state index in [9.17, 15) is 8.42 Å². The molecule has 0 spiro atoms. The summed E-state index contributed by atoms with van der Waals surface area (Å²) in [6, 6.07) is 3.79. The largest absolute Gasteiger partial charge is 0.238 e. The molecule has 0 aliphatic rings. The smallest absolute Gasteiger partial charge is 0.225 e. The monoisotopic (exact) mass is 227 g/mol. The summed E-state index contributed by atoms with van der Waals surface area (Å²) in [5, 5.41) is 5.23. The topological polar surface area (TPSA) is 60.2 Å². The van der Waals surface area contributed by atoms with Crippen molar-refractivity contribution < 1.29 is 8.42 Å². The van der Waals surface area contributed by atoms with Crippen molar-refractivity contribution in [3.8, 4) is 0 Å². The Morgan fingerprint density at radius 3 is 2.20 bits per heavy atom. The maximum absolute atomic E-state index is 11.5. The molecule has 3 nitrogen and oxygen atoms in total. The number of aryl methyl sites for hydroxylation is 2. The molecule has 0 fully saturated rings. The Hall–Kier alpha value is -0.870. The second kappa shape index (κ2) is 4.33. The molecule has 84 valence electrons. The predicted molar refractivity (Wildman–Crippen MR) is 61.3 cm³/mol. The Labute approximate surface area is 91.4 Å². The molecule has 15 heavy (non-hydrogen) atoms. The third kappa shape index (κ3) is 2.38. The van der Waals surface area contributed by atoms with Gasteiger partial charge in [-0.05, 0) is 36.5 Å². The van der Waals surface area contributed by atoms with Gasteiger partial charge in [0.1, 0.15) is 0 Å². The zero-order valence-corrected chi connectivity index (χ0v) is 10.2. The molecule has 0 unspecified atom stereocenters. The molecule has 4 heteroatoms. The summed E-state index contributed by atoms with van der Waals surface area (Å²) in [4.78, 5) is 0.310. The molecule has 0 aliphatic carbocycles. The highest BCUT2D eigenvalue weighted by molar-refractivity contribution is 7.89. The molecule has 2 N–H and O–H groups in total. The number of sulfonamides is 1. The molecule has 0 amide bonds. The van der Waals surface area contributed by atoms with E-state index >= 15 is 0 Å². The lowest BCUT2D eigenvalue weighted by atomic mass is 10.0. The summed E-state index contributed by atoms with van der Waals surface area (Å²) >= 11 is 0. The van der Waals surface area contributed by atoms with Crippen LogP contribution in [0, 0.1) is 6.92 Å². The van der Waals surface area contributed by atoms with E-state index in [4.69, 9.17) is 5.14 Å². The minimum Gasteiger partial charge on any atom is -0.225 e. The van der Waals surface area contributed by atoms with Gasteiger partial charge in [0.05, 0.1) is 4.90 Å². The van der Waals surface area contributed by atoms with Crippen LogP contribution < -0.4 is 5.14 Å². The second-order valence-corrected chi connectivity index (χ2v) is 5.10. The molecule has 0 radical (unpaired) electrons. The van der Waals surface area contributed by atoms with Crippen molar-refractivity contribution >= 4 is 10.0 Å². The first kappa shape index (κ1) is 12.2. The van der Waals surface area contributed by atoms with Crippen LogP contribution in [-0.4, -0.2) is 8.42 Å². The second-order valence-electron chi connectivity index (χ2n) is 3.60. The fraction of sp³-hybridized carbons (Fsp3) is 0.455. The first-order valence-corrected chi connectivity index (χ1v) is 6.60. The molecule has 1 aromatic rings. The fourth-order valence-electron chi connectivity index (χ4n) is 1.90. The molecule has 0 saturated carbocycles. The summed E-state index contributed by atoms with van der Waals surface area (Å²) in [6.07, 6.45) is 1.52. The lowest BCUT2D eigenvalue weighted by molar-refractivity contribution is 0.595. The number of rotatable bonds is 3. The van der Waals surface area contributed by atoms with Crippen LogP contribution >= 0.6 is 0 Å². The minimum atomic E-state index is -3.61. The van der Waals surface area contributed by atoms with Crippen LogP contribution in [0.5, 0.6) is 0 Å². The maximum atomic E-state index is 11.5. The molecular formula is C11H17NO2S. The van der Waals surface area contributed by atoms with Crippen molar-refractivity contribution in [3.05, 3.63) is 28.8 Å². The minimum absolute atomic E-state index is 0.310. The van der Waals surface area contributed by atoms with Gasteiger partial charge in [-0.3, -0.25) is 0 Å². The van der Waals surface area contributed by atoms with Crippen LogP contribution in [-0.2, 0) is 22.9 Å². The Morgan fingerprint density at radius 1 is 1.20 bits per heavy atom. The van der Waals surface area contributed by atoms with Crippen molar-refractivity contribution in [2.75, 3.05) is 0 Å². The van der Waals surface area contributed by atoms with Gasteiger partial charge < -0.3 is 0 Å². The predicted octanol–water partition coefficient (Wildman–Crippen LogP) is 1.77. The molecular weight excluding hydrogens is 210 g/mol. The van der Waals surface area contributed by atoms with E-state index in [0.29, 0.717) is 11.3 Å². The molecule has 0 aliphatic heterocycles. The third-order valence-electron chi connectivity index (χ3n) is 2.57. The Balaban J connectivity index is 3.61. The molecule has 0 heterocycles. The lowest BCUT2D eigenvalue weighted by Gasteiger charge is -2.13. The summed E-state index contributed by atoms with van der Waals surface area (Å²) in [7, 11) is -3.61. The highest BCUT2D eigenvalue weighted by Crippen LogP contribution is 2.23. The van der Waals surface area contributed by atoms with Gasteiger partial charge in [0, 0.05) is 0 Å². The van der Waals surface area contributed by atoms with Crippen LogP contribution in [0.3, 0.4) is 0 Å². The first-order valence-electron chi connectivity index (χ1n) is 5.06. The number of nitrogens with two attached hydrogens (primary N) is 1. The fourth-order valence-corrected chi connectivity index (χ4v) is 3.04. The lowest BCUT2D eigenvalue weighted by Crippen LogP contribution is -2.17. The van der Waals surface area contributed by atoms with E-state index < -0.39 is 10.0 Å². The first-order chi connectivity index (χ1) is 6.91. The van der Waals surface area contributed by atoms with Gasteiger partial charge in [0.25, 0.3) is 0 Å². The van der Waals surface area contributed by atoms with Gasteiger partial charge >= 0.3 is 0 Å². The molecule has 0 atom stereocenters. The van der Waals surface area contributed by atoms with Crippen LogP contribution in [0.15, 0.2) is 17.0 Å². The zero-order chi connectivity index (χ0) is 11.6. The molecule has 1 rings (SSSR count). The van der Waals surface area contributed by atoms with Crippen molar-refractivity contribution in [2.45, 2.75) is 38.5 Å². The van der Waals surface area contributed by atoms with E-state index in [1.807, 2.05) is 26.0 Å². The van der Waals surface area contributed by atoms with E-state index in [1.54, 1.807) is 6.92 Å². The van der Waals surface area contributed by atoms with E-state index in [-0.39, 0.29) is 0 Å². The van der Waals surface area contributed by atoms with Crippen molar-refractivity contribution in [2.24, 2.45) is 5.14 Å². The zero-order valence-electron chi connectivity index (χ0n) is 9.37. The average molecular weight is 227 g/mol. The molecule has 0 aromatic heterocycles. The van der Waals surface area contributed by atoms with Gasteiger partial charge in [-0.1, -0.05) is 26.0 Å². The normalized spacial score (nSPS) is 11.7. The maximum Gasteiger partial charge on any atom is 0.238 e. The number of hydrogen-bond acceptors (Lipinski definition) is 2. The molecule has 0 saturated heterocycles. The quantitative estimate of drug-likeness (QED) is 0.855. The highest BCUT2D eigenvalue weighted by Gasteiger charge is 2.17. The Bertz CT molecular complexity index is 464. The highest BCUT2D eigenvalue weighted by atomic mass is 32.2. The van der Waals surface area contributed by atoms with Gasteiger partial charge in [-0.25, -0.2) is 13.6 Å². The summed E-state index contributed by atoms with van der Waals surface area (Å²) in [6.45, 7) is 5.73. The van der Waals surface area contributed by atoms with Gasteiger partial charge in [0.15, 0.2) is 0 Å². The SMILES string of the molecule is CCc1ccc(C)c(S(N)(=O)=O)c1CC. The number of primary sulfonamides is 1. The van der Waals surface area contributed by atoms with Crippen LogP contribution in [0.2, 0.25) is 0 Å². The van der Waals surface area contributed by atoms with E-state index in [0.717, 1.165) is 23.1 Å². The van der Waals surface area contributed by atoms with Crippen molar-refractivity contribution in [1.82, 2.24) is 0 Å². The Morgan fingerprint density at radius 2 is 1.80 bits per heavy atom. The van der Waals surface area contributed by atoms with Gasteiger partial charge in [-0.2, -0.15) is 0 Å². The summed E-state index contributed by atoms with van der Waals surface area (Å²) in [5.41, 5.74) is 2.65. The Kier molecular flexibility index (Phi) is 3.52. The molecule has 0 bridgehead atoms. The van der Waals surface area contributed by atoms with E-state index in [2.05, 4.69) is 0 Å². The number of hydrogen-bond donors (Lipinski definition) is 1. The summed E-state index contributed by atoms with van der Waals surface area (Å²) < 4.78 is 23.0. The van der Waals surface area contributed by atoms with Gasteiger partial charge in [0.2, 0.25) is 10.0 Å². The average Bonchev–Trinajstić information content (AvgIpc) is 2.15. The van der Waals surface area contributed by atoms with E-state index in [1.165, 1.54) is 0 Å².